The number of thioether (sulfide) groups is 1. The van der Waals surface area contributed by atoms with Gasteiger partial charge in [-0.1, -0.05) is 30.0 Å². The molecule has 2 heterocycles. The number of aromatic nitrogens is 3. The van der Waals surface area contributed by atoms with E-state index in [1.807, 2.05) is 13.0 Å². The highest BCUT2D eigenvalue weighted by Crippen LogP contribution is 2.40. The van der Waals surface area contributed by atoms with E-state index in [4.69, 9.17) is 0 Å². The van der Waals surface area contributed by atoms with E-state index in [1.165, 1.54) is 35.3 Å². The van der Waals surface area contributed by atoms with E-state index in [9.17, 15) is 4.79 Å². The molecule has 1 aromatic carbocycles. The Kier molecular flexibility index (Phi) is 4.85. The SMILES string of the molecule is C[C@@H](Sc1nnc(Cc2cccs2)n1C1CC1)C(=O)c1ccc2c(c1)CCC2. The first-order valence-electron chi connectivity index (χ1n) is 9.98. The number of nitrogens with zero attached hydrogens (tertiary/aromatic N) is 3. The van der Waals surface area contributed by atoms with Gasteiger partial charge in [-0.25, -0.2) is 0 Å². The molecule has 0 bridgehead atoms. The van der Waals surface area contributed by atoms with Crippen molar-refractivity contribution in [1.82, 2.24) is 14.8 Å². The van der Waals surface area contributed by atoms with Crippen LogP contribution in [0.2, 0.25) is 0 Å². The van der Waals surface area contributed by atoms with Gasteiger partial charge < -0.3 is 4.57 Å². The van der Waals surface area contributed by atoms with E-state index in [0.717, 1.165) is 35.8 Å². The Bertz CT molecular complexity index is 1000. The van der Waals surface area contributed by atoms with E-state index >= 15 is 0 Å². The fourth-order valence-corrected chi connectivity index (χ4v) is 5.67. The van der Waals surface area contributed by atoms with E-state index in [2.05, 4.69) is 44.4 Å². The number of aryl methyl sites for hydroxylation is 2. The van der Waals surface area contributed by atoms with Gasteiger partial charge in [0.15, 0.2) is 10.9 Å². The first-order valence-corrected chi connectivity index (χ1v) is 11.7. The van der Waals surface area contributed by atoms with Crippen molar-refractivity contribution in [3.63, 3.8) is 0 Å². The molecule has 2 aliphatic carbocycles. The number of hydrogen-bond donors (Lipinski definition) is 0. The molecular formula is C22H23N3OS2. The van der Waals surface area contributed by atoms with Crippen LogP contribution in [0, 0.1) is 0 Å². The van der Waals surface area contributed by atoms with Gasteiger partial charge in [0.05, 0.1) is 5.25 Å². The van der Waals surface area contributed by atoms with Gasteiger partial charge in [0.25, 0.3) is 0 Å². The highest BCUT2D eigenvalue weighted by Gasteiger charge is 2.31. The van der Waals surface area contributed by atoms with Crippen LogP contribution in [0.15, 0.2) is 40.9 Å². The van der Waals surface area contributed by atoms with Crippen LogP contribution >= 0.6 is 23.1 Å². The Balaban J connectivity index is 1.35. The van der Waals surface area contributed by atoms with E-state index in [0.29, 0.717) is 6.04 Å². The summed E-state index contributed by atoms with van der Waals surface area (Å²) >= 11 is 3.30. The van der Waals surface area contributed by atoms with Crippen LogP contribution < -0.4 is 0 Å². The maximum atomic E-state index is 13.0. The zero-order valence-corrected chi connectivity index (χ0v) is 17.6. The van der Waals surface area contributed by atoms with Crippen LogP contribution in [0.4, 0.5) is 0 Å². The molecule has 1 fully saturated rings. The third kappa shape index (κ3) is 3.55. The molecule has 3 aromatic rings. The normalized spacial score (nSPS) is 16.9. The quantitative estimate of drug-likeness (QED) is 0.401. The van der Waals surface area contributed by atoms with Crippen molar-refractivity contribution in [3.05, 3.63) is 63.1 Å². The van der Waals surface area contributed by atoms with Crippen molar-refractivity contribution in [2.75, 3.05) is 0 Å². The molecule has 5 rings (SSSR count). The first kappa shape index (κ1) is 18.1. The second kappa shape index (κ2) is 7.48. The van der Waals surface area contributed by atoms with Gasteiger partial charge in [-0.3, -0.25) is 4.79 Å². The second-order valence-electron chi connectivity index (χ2n) is 7.72. The monoisotopic (exact) mass is 409 g/mol. The lowest BCUT2D eigenvalue weighted by molar-refractivity contribution is 0.0993. The van der Waals surface area contributed by atoms with E-state index in [1.54, 1.807) is 23.1 Å². The zero-order valence-electron chi connectivity index (χ0n) is 15.9. The minimum atomic E-state index is -0.171. The summed E-state index contributed by atoms with van der Waals surface area (Å²) < 4.78 is 2.27. The van der Waals surface area contributed by atoms with Crippen molar-refractivity contribution in [1.29, 1.82) is 0 Å². The topological polar surface area (TPSA) is 47.8 Å². The zero-order chi connectivity index (χ0) is 19.1. The Labute approximate surface area is 173 Å². The summed E-state index contributed by atoms with van der Waals surface area (Å²) in [5.41, 5.74) is 3.59. The molecule has 2 aliphatic rings. The van der Waals surface area contributed by atoms with Crippen LogP contribution in [-0.4, -0.2) is 25.8 Å². The summed E-state index contributed by atoms with van der Waals surface area (Å²) in [5.74, 6) is 1.20. The van der Waals surface area contributed by atoms with Gasteiger partial charge >= 0.3 is 0 Å². The molecule has 1 atom stereocenters. The number of carbonyl (C=O) groups excluding carboxylic acids is 1. The largest absolute Gasteiger partial charge is 0.303 e. The summed E-state index contributed by atoms with van der Waals surface area (Å²) in [6.07, 6.45) is 6.61. The van der Waals surface area contributed by atoms with Crippen molar-refractivity contribution >= 4 is 28.9 Å². The summed E-state index contributed by atoms with van der Waals surface area (Å²) in [6.45, 7) is 1.99. The Morgan fingerprint density at radius 2 is 2.11 bits per heavy atom. The van der Waals surface area contributed by atoms with Gasteiger partial charge in [-0.2, -0.15) is 0 Å². The molecule has 0 saturated heterocycles. The molecule has 0 aliphatic heterocycles. The summed E-state index contributed by atoms with van der Waals surface area (Å²) in [7, 11) is 0. The Morgan fingerprint density at radius 1 is 1.25 bits per heavy atom. The van der Waals surface area contributed by atoms with Gasteiger partial charge in [-0.15, -0.1) is 21.5 Å². The first-order chi connectivity index (χ1) is 13.7. The maximum Gasteiger partial charge on any atom is 0.192 e. The van der Waals surface area contributed by atoms with Crippen LogP contribution in [0.1, 0.15) is 64.4 Å². The lowest BCUT2D eigenvalue weighted by atomic mass is 10.0. The highest BCUT2D eigenvalue weighted by atomic mass is 32.2. The molecule has 0 unspecified atom stereocenters. The average molecular weight is 410 g/mol. The smallest absolute Gasteiger partial charge is 0.192 e. The molecule has 0 N–H and O–H groups in total. The Hall–Kier alpha value is -1.92. The number of Topliss-reactive ketones (excluding diaryl/α,β-unsaturated/α-hetero) is 1. The molecule has 2 aromatic heterocycles. The van der Waals surface area contributed by atoms with Crippen molar-refractivity contribution in [2.24, 2.45) is 0 Å². The van der Waals surface area contributed by atoms with Crippen LogP contribution in [-0.2, 0) is 19.3 Å². The van der Waals surface area contributed by atoms with Gasteiger partial charge in [-0.05, 0) is 67.7 Å². The molecule has 4 nitrogen and oxygen atoms in total. The molecular weight excluding hydrogens is 386 g/mol. The predicted molar refractivity (Wildman–Crippen MR) is 114 cm³/mol. The summed E-state index contributed by atoms with van der Waals surface area (Å²) in [4.78, 5) is 14.3. The Morgan fingerprint density at radius 3 is 2.89 bits per heavy atom. The number of rotatable bonds is 7. The average Bonchev–Trinajstić information content (AvgIpc) is 3.10. The third-order valence-electron chi connectivity index (χ3n) is 5.59. The molecule has 144 valence electrons. The van der Waals surface area contributed by atoms with Crippen LogP contribution in [0.3, 0.4) is 0 Å². The minimum Gasteiger partial charge on any atom is -0.303 e. The summed E-state index contributed by atoms with van der Waals surface area (Å²) in [5, 5.41) is 11.7. The fraction of sp³-hybridized carbons (Fsp3) is 0.409. The van der Waals surface area contributed by atoms with Crippen LogP contribution in [0.25, 0.3) is 0 Å². The number of benzene rings is 1. The summed E-state index contributed by atoms with van der Waals surface area (Å²) in [6, 6.07) is 11.0. The van der Waals surface area contributed by atoms with Gasteiger partial charge in [0.2, 0.25) is 0 Å². The molecule has 0 radical (unpaired) electrons. The lowest BCUT2D eigenvalue weighted by Crippen LogP contribution is -2.15. The van der Waals surface area contributed by atoms with Crippen molar-refractivity contribution in [2.45, 2.75) is 61.9 Å². The highest BCUT2D eigenvalue weighted by molar-refractivity contribution is 8.00. The van der Waals surface area contributed by atoms with Crippen molar-refractivity contribution < 1.29 is 4.79 Å². The van der Waals surface area contributed by atoms with Crippen molar-refractivity contribution in [3.8, 4) is 0 Å². The number of carbonyl (C=O) groups is 1. The number of ketones is 1. The number of fused-ring (bicyclic) bond motifs is 1. The fourth-order valence-electron chi connectivity index (χ4n) is 3.95. The van der Waals surface area contributed by atoms with E-state index in [-0.39, 0.29) is 11.0 Å². The molecule has 0 amide bonds. The lowest BCUT2D eigenvalue weighted by Gasteiger charge is -2.13. The standard InChI is InChI=1S/C22H23N3OS2/c1-14(21(26)17-8-7-15-4-2-5-16(15)12-17)28-22-24-23-20(25(22)18-9-10-18)13-19-6-3-11-27-19/h3,6-8,11-12,14,18H,2,4-5,9-10,13H2,1H3/t14-/m1/s1. The molecule has 1 saturated carbocycles. The maximum absolute atomic E-state index is 13.0. The number of thiophene rings is 1. The van der Waals surface area contributed by atoms with Crippen LogP contribution in [0.5, 0.6) is 0 Å². The molecule has 28 heavy (non-hydrogen) atoms. The van der Waals surface area contributed by atoms with Gasteiger partial charge in [0, 0.05) is 22.9 Å². The molecule has 6 heteroatoms. The number of hydrogen-bond acceptors (Lipinski definition) is 5. The van der Waals surface area contributed by atoms with E-state index < -0.39 is 0 Å². The minimum absolute atomic E-state index is 0.171. The second-order valence-corrected chi connectivity index (χ2v) is 10.1. The third-order valence-corrected chi connectivity index (χ3v) is 7.53. The van der Waals surface area contributed by atoms with Gasteiger partial charge in [0.1, 0.15) is 5.82 Å². The molecule has 0 spiro atoms. The predicted octanol–water partition coefficient (Wildman–Crippen LogP) is 5.12.